The van der Waals surface area contributed by atoms with Crippen molar-refractivity contribution in [2.24, 2.45) is 0 Å². The predicted octanol–water partition coefficient (Wildman–Crippen LogP) is 1.73. The molecule has 1 saturated heterocycles. The predicted molar refractivity (Wildman–Crippen MR) is 90.1 cm³/mol. The van der Waals surface area contributed by atoms with Crippen LogP contribution in [-0.2, 0) is 0 Å². The molecule has 0 unspecified atom stereocenters. The van der Waals surface area contributed by atoms with Crippen LogP contribution >= 0.6 is 11.8 Å². The number of aryl methyl sites for hydroxylation is 1. The molecule has 1 fully saturated rings. The zero-order valence-electron chi connectivity index (χ0n) is 13.1. The second-order valence-corrected chi connectivity index (χ2v) is 6.21. The van der Waals surface area contributed by atoms with Crippen LogP contribution in [-0.4, -0.2) is 64.5 Å². The monoisotopic (exact) mass is 319 g/mol. The molecule has 1 aliphatic rings. The van der Waals surface area contributed by atoms with Crippen molar-refractivity contribution in [3.05, 3.63) is 17.8 Å². The van der Waals surface area contributed by atoms with Gasteiger partial charge in [-0.25, -0.2) is 9.97 Å². The molecule has 0 atom stereocenters. The third kappa shape index (κ3) is 3.50. The van der Waals surface area contributed by atoms with E-state index in [0.29, 0.717) is 0 Å². The average molecular weight is 319 g/mol. The first-order valence-corrected chi connectivity index (χ1v) is 8.52. The number of nitrogens with zero attached hydrogens (tertiary/aromatic N) is 5. The molecule has 3 heterocycles. The van der Waals surface area contributed by atoms with E-state index in [-0.39, 0.29) is 0 Å². The van der Waals surface area contributed by atoms with Crippen LogP contribution in [0.15, 0.2) is 17.3 Å². The number of hydrogen-bond acceptors (Lipinski definition) is 7. The molecule has 0 radical (unpaired) electrons. The van der Waals surface area contributed by atoms with Gasteiger partial charge in [-0.3, -0.25) is 5.10 Å². The van der Waals surface area contributed by atoms with Crippen LogP contribution < -0.4 is 10.2 Å². The molecule has 3 rings (SSSR count). The smallest absolute Gasteiger partial charge is 0.191 e. The third-order valence-electron chi connectivity index (χ3n) is 3.67. The topological polar surface area (TPSA) is 73.0 Å². The zero-order valence-corrected chi connectivity index (χ0v) is 13.9. The van der Waals surface area contributed by atoms with E-state index in [1.165, 1.54) is 0 Å². The molecule has 1 aliphatic heterocycles. The molecular formula is C14H21N7S. The number of nitrogens with one attached hydrogen (secondary N) is 2. The highest BCUT2D eigenvalue weighted by molar-refractivity contribution is 7.98. The van der Waals surface area contributed by atoms with Gasteiger partial charge in [0.05, 0.1) is 5.69 Å². The Hall–Kier alpha value is -1.80. The number of thioether (sulfide) groups is 1. The quantitative estimate of drug-likeness (QED) is 0.656. The SMILES string of the molecule is CSc1nc(Nc2cc(C)n[nH]2)cc(N2CCN(C)CC2)n1. The fraction of sp³-hybridized carbons (Fsp3) is 0.500. The number of piperazine rings is 1. The minimum absolute atomic E-state index is 0.773. The van der Waals surface area contributed by atoms with Gasteiger partial charge in [-0.15, -0.1) is 0 Å². The Morgan fingerprint density at radius 3 is 2.59 bits per heavy atom. The molecule has 22 heavy (non-hydrogen) atoms. The lowest BCUT2D eigenvalue weighted by molar-refractivity contribution is 0.312. The van der Waals surface area contributed by atoms with Gasteiger partial charge in [-0.05, 0) is 20.2 Å². The second kappa shape index (κ2) is 6.53. The van der Waals surface area contributed by atoms with Crippen LogP contribution in [0, 0.1) is 6.92 Å². The Morgan fingerprint density at radius 1 is 1.18 bits per heavy atom. The van der Waals surface area contributed by atoms with Gasteiger partial charge in [-0.2, -0.15) is 5.10 Å². The molecule has 2 aromatic rings. The summed E-state index contributed by atoms with van der Waals surface area (Å²) < 4.78 is 0. The summed E-state index contributed by atoms with van der Waals surface area (Å²) in [7, 11) is 2.15. The maximum Gasteiger partial charge on any atom is 0.191 e. The normalized spacial score (nSPS) is 16.0. The Bertz CT molecular complexity index is 634. The summed E-state index contributed by atoms with van der Waals surface area (Å²) in [5.74, 6) is 2.61. The van der Waals surface area contributed by atoms with Crippen molar-refractivity contribution < 1.29 is 0 Å². The molecule has 2 aromatic heterocycles. The van der Waals surface area contributed by atoms with Gasteiger partial charge < -0.3 is 15.1 Å². The van der Waals surface area contributed by atoms with Crippen LogP contribution in [0.1, 0.15) is 5.69 Å². The number of likely N-dealkylation sites (N-methyl/N-ethyl adjacent to an activating group) is 1. The van der Waals surface area contributed by atoms with E-state index in [4.69, 9.17) is 0 Å². The summed E-state index contributed by atoms with van der Waals surface area (Å²) in [6.45, 7) is 6.04. The first-order valence-electron chi connectivity index (χ1n) is 7.29. The largest absolute Gasteiger partial charge is 0.354 e. The maximum absolute atomic E-state index is 4.64. The average Bonchev–Trinajstić information content (AvgIpc) is 2.92. The van der Waals surface area contributed by atoms with Crippen molar-refractivity contribution in [1.82, 2.24) is 25.1 Å². The van der Waals surface area contributed by atoms with Crippen molar-refractivity contribution in [1.29, 1.82) is 0 Å². The second-order valence-electron chi connectivity index (χ2n) is 5.44. The maximum atomic E-state index is 4.64. The number of anilines is 3. The minimum Gasteiger partial charge on any atom is -0.354 e. The van der Waals surface area contributed by atoms with E-state index in [1.54, 1.807) is 11.8 Å². The van der Waals surface area contributed by atoms with Crippen molar-refractivity contribution in [2.75, 3.05) is 49.7 Å². The lowest BCUT2D eigenvalue weighted by atomic mass is 10.3. The van der Waals surface area contributed by atoms with Crippen molar-refractivity contribution in [2.45, 2.75) is 12.1 Å². The van der Waals surface area contributed by atoms with Gasteiger partial charge in [0.2, 0.25) is 0 Å². The molecular weight excluding hydrogens is 298 g/mol. The fourth-order valence-corrected chi connectivity index (χ4v) is 2.76. The van der Waals surface area contributed by atoms with Crippen molar-refractivity contribution in [3.8, 4) is 0 Å². The van der Waals surface area contributed by atoms with Gasteiger partial charge in [0, 0.05) is 38.3 Å². The first-order chi connectivity index (χ1) is 10.6. The summed E-state index contributed by atoms with van der Waals surface area (Å²) in [4.78, 5) is 13.8. The van der Waals surface area contributed by atoms with Crippen molar-refractivity contribution in [3.63, 3.8) is 0 Å². The summed E-state index contributed by atoms with van der Waals surface area (Å²) >= 11 is 1.55. The van der Waals surface area contributed by atoms with Gasteiger partial charge in [0.25, 0.3) is 0 Å². The molecule has 8 heteroatoms. The van der Waals surface area contributed by atoms with E-state index in [9.17, 15) is 0 Å². The van der Waals surface area contributed by atoms with E-state index in [1.807, 2.05) is 25.3 Å². The minimum atomic E-state index is 0.773. The van der Waals surface area contributed by atoms with E-state index in [0.717, 1.165) is 54.5 Å². The molecule has 0 spiro atoms. The fourth-order valence-electron chi connectivity index (χ4n) is 2.39. The van der Waals surface area contributed by atoms with Gasteiger partial charge >= 0.3 is 0 Å². The molecule has 2 N–H and O–H groups in total. The zero-order chi connectivity index (χ0) is 15.5. The van der Waals surface area contributed by atoms with Crippen LogP contribution in [0.3, 0.4) is 0 Å². The Morgan fingerprint density at radius 2 is 1.95 bits per heavy atom. The van der Waals surface area contributed by atoms with Crippen LogP contribution in [0.2, 0.25) is 0 Å². The summed E-state index contributed by atoms with van der Waals surface area (Å²) in [6.07, 6.45) is 1.99. The van der Waals surface area contributed by atoms with Crippen LogP contribution in [0.4, 0.5) is 17.5 Å². The molecule has 0 saturated carbocycles. The highest BCUT2D eigenvalue weighted by Crippen LogP contribution is 2.23. The van der Waals surface area contributed by atoms with Crippen LogP contribution in [0.5, 0.6) is 0 Å². The molecule has 0 bridgehead atoms. The Balaban J connectivity index is 1.82. The van der Waals surface area contributed by atoms with Crippen molar-refractivity contribution >= 4 is 29.2 Å². The summed E-state index contributed by atoms with van der Waals surface area (Å²) in [5.41, 5.74) is 0.945. The molecule has 7 nitrogen and oxygen atoms in total. The molecule has 118 valence electrons. The van der Waals surface area contributed by atoms with Gasteiger partial charge in [0.1, 0.15) is 17.5 Å². The van der Waals surface area contributed by atoms with E-state index >= 15 is 0 Å². The number of H-pyrrole nitrogens is 1. The van der Waals surface area contributed by atoms with Crippen LogP contribution in [0.25, 0.3) is 0 Å². The van der Waals surface area contributed by atoms with E-state index in [2.05, 4.69) is 42.3 Å². The lowest BCUT2D eigenvalue weighted by Crippen LogP contribution is -2.44. The molecule has 0 aromatic carbocycles. The number of rotatable bonds is 4. The Kier molecular flexibility index (Phi) is 4.49. The third-order valence-corrected chi connectivity index (χ3v) is 4.22. The molecule has 0 amide bonds. The number of aromatic amines is 1. The lowest BCUT2D eigenvalue weighted by Gasteiger charge is -2.33. The van der Waals surface area contributed by atoms with E-state index < -0.39 is 0 Å². The summed E-state index contributed by atoms with van der Waals surface area (Å²) in [5, 5.41) is 11.1. The highest BCUT2D eigenvalue weighted by atomic mass is 32.2. The van der Waals surface area contributed by atoms with Gasteiger partial charge in [-0.1, -0.05) is 11.8 Å². The Labute approximate surface area is 134 Å². The number of aromatic nitrogens is 4. The standard InChI is InChI=1S/C14H21N7S/c1-10-8-12(19-18-10)15-11-9-13(17-14(16-11)22-3)21-6-4-20(2)5-7-21/h8-9H,4-7H2,1-3H3,(H2,15,16,17,18,19). The number of hydrogen-bond donors (Lipinski definition) is 2. The summed E-state index contributed by atoms with van der Waals surface area (Å²) in [6, 6.07) is 3.96. The highest BCUT2D eigenvalue weighted by Gasteiger charge is 2.17. The molecule has 0 aliphatic carbocycles. The first kappa shape index (κ1) is 15.1. The van der Waals surface area contributed by atoms with Gasteiger partial charge in [0.15, 0.2) is 5.16 Å².